The number of aliphatic hydroxyl groups is 1. The molecule has 1 aliphatic heterocycles. The first-order valence-electron chi connectivity index (χ1n) is 7.40. The molecule has 0 radical (unpaired) electrons. The summed E-state index contributed by atoms with van der Waals surface area (Å²) in [5.41, 5.74) is 0.953. The number of hydrogen-bond donors (Lipinski definition) is 1. The van der Waals surface area contributed by atoms with Gasteiger partial charge in [-0.05, 0) is 38.0 Å². The van der Waals surface area contributed by atoms with E-state index in [4.69, 9.17) is 9.47 Å². The van der Waals surface area contributed by atoms with Gasteiger partial charge < -0.3 is 14.6 Å². The summed E-state index contributed by atoms with van der Waals surface area (Å²) in [6, 6.07) is 7.74. The molecule has 2 rings (SSSR count). The topological polar surface area (TPSA) is 41.9 Å². The van der Waals surface area contributed by atoms with Crippen LogP contribution in [0.25, 0.3) is 0 Å². The third-order valence-electron chi connectivity index (χ3n) is 3.46. The number of rotatable bonds is 6. The average Bonchev–Trinajstić information content (AvgIpc) is 2.46. The van der Waals surface area contributed by atoms with Crippen molar-refractivity contribution in [1.82, 2.24) is 4.90 Å². The van der Waals surface area contributed by atoms with Crippen LogP contribution in [0, 0.1) is 0 Å². The van der Waals surface area contributed by atoms with Crippen LogP contribution >= 0.6 is 0 Å². The summed E-state index contributed by atoms with van der Waals surface area (Å²) in [4.78, 5) is 2.34. The van der Waals surface area contributed by atoms with Gasteiger partial charge in [-0.2, -0.15) is 0 Å². The zero-order valence-corrected chi connectivity index (χ0v) is 12.4. The molecule has 0 aromatic heterocycles. The van der Waals surface area contributed by atoms with Crippen LogP contribution in [-0.2, 0) is 4.74 Å². The Morgan fingerprint density at radius 2 is 1.85 bits per heavy atom. The Morgan fingerprint density at radius 1 is 1.20 bits per heavy atom. The summed E-state index contributed by atoms with van der Waals surface area (Å²) in [5.74, 6) is 0.851. The maximum Gasteiger partial charge on any atom is 0.119 e. The van der Waals surface area contributed by atoms with Crippen molar-refractivity contribution in [3.63, 3.8) is 0 Å². The Hall–Kier alpha value is -1.10. The number of benzene rings is 1. The lowest BCUT2D eigenvalue weighted by atomic mass is 10.1. The summed E-state index contributed by atoms with van der Waals surface area (Å²) in [5, 5.41) is 10.2. The first kappa shape index (κ1) is 15.3. The molecule has 4 heteroatoms. The van der Waals surface area contributed by atoms with Crippen LogP contribution < -0.4 is 4.74 Å². The number of ether oxygens (including phenoxy) is 2. The van der Waals surface area contributed by atoms with Gasteiger partial charge in [0, 0.05) is 19.6 Å². The van der Waals surface area contributed by atoms with Crippen molar-refractivity contribution in [2.75, 3.05) is 32.8 Å². The minimum Gasteiger partial charge on any atom is -0.491 e. The van der Waals surface area contributed by atoms with Crippen molar-refractivity contribution in [1.29, 1.82) is 0 Å². The standard InChI is InChI=1S/C16H25NO3/c1-13(2)20-15-5-3-14(4-6-15)16(18)7-8-17-9-11-19-12-10-17/h3-6,13,16,18H,7-12H2,1-2H3. The van der Waals surface area contributed by atoms with Crippen molar-refractivity contribution < 1.29 is 14.6 Å². The van der Waals surface area contributed by atoms with E-state index in [1.165, 1.54) is 0 Å². The molecule has 1 N–H and O–H groups in total. The van der Waals surface area contributed by atoms with E-state index in [1.807, 2.05) is 38.1 Å². The van der Waals surface area contributed by atoms with Crippen molar-refractivity contribution in [2.45, 2.75) is 32.5 Å². The van der Waals surface area contributed by atoms with Gasteiger partial charge in [0.1, 0.15) is 5.75 Å². The molecule has 1 aromatic carbocycles. The van der Waals surface area contributed by atoms with Crippen LogP contribution in [0.5, 0.6) is 5.75 Å². The lowest BCUT2D eigenvalue weighted by Gasteiger charge is -2.27. The van der Waals surface area contributed by atoms with Crippen molar-refractivity contribution in [3.05, 3.63) is 29.8 Å². The molecule has 1 unspecified atom stereocenters. The second kappa shape index (κ2) is 7.62. The summed E-state index contributed by atoms with van der Waals surface area (Å²) in [7, 11) is 0. The van der Waals surface area contributed by atoms with Gasteiger partial charge in [0.2, 0.25) is 0 Å². The quantitative estimate of drug-likeness (QED) is 0.867. The zero-order valence-electron chi connectivity index (χ0n) is 12.4. The van der Waals surface area contributed by atoms with Crippen molar-refractivity contribution >= 4 is 0 Å². The number of nitrogens with zero attached hydrogens (tertiary/aromatic N) is 1. The summed E-state index contributed by atoms with van der Waals surface area (Å²) < 4.78 is 10.9. The highest BCUT2D eigenvalue weighted by molar-refractivity contribution is 5.28. The van der Waals surface area contributed by atoms with Crippen LogP contribution in [0.3, 0.4) is 0 Å². The van der Waals surface area contributed by atoms with E-state index in [0.29, 0.717) is 0 Å². The molecule has 112 valence electrons. The molecule has 0 saturated carbocycles. The van der Waals surface area contributed by atoms with Crippen LogP contribution in [0.15, 0.2) is 24.3 Å². The van der Waals surface area contributed by atoms with E-state index in [1.54, 1.807) is 0 Å². The number of morpholine rings is 1. The van der Waals surface area contributed by atoms with E-state index < -0.39 is 6.10 Å². The first-order chi connectivity index (χ1) is 9.65. The molecular formula is C16H25NO3. The van der Waals surface area contributed by atoms with Gasteiger partial charge in [0.05, 0.1) is 25.4 Å². The molecule has 1 saturated heterocycles. The van der Waals surface area contributed by atoms with E-state index in [2.05, 4.69) is 4.90 Å². The molecule has 0 spiro atoms. The Bertz CT molecular complexity index is 385. The fraction of sp³-hybridized carbons (Fsp3) is 0.625. The van der Waals surface area contributed by atoms with Gasteiger partial charge in [-0.1, -0.05) is 12.1 Å². The number of hydrogen-bond acceptors (Lipinski definition) is 4. The molecule has 1 fully saturated rings. The molecule has 20 heavy (non-hydrogen) atoms. The zero-order chi connectivity index (χ0) is 14.4. The molecular weight excluding hydrogens is 254 g/mol. The van der Waals surface area contributed by atoms with Gasteiger partial charge in [-0.15, -0.1) is 0 Å². The molecule has 0 aliphatic carbocycles. The Morgan fingerprint density at radius 3 is 2.45 bits per heavy atom. The van der Waals surface area contributed by atoms with Gasteiger partial charge >= 0.3 is 0 Å². The summed E-state index contributed by atoms with van der Waals surface area (Å²) >= 11 is 0. The van der Waals surface area contributed by atoms with Crippen LogP contribution in [-0.4, -0.2) is 49.0 Å². The highest BCUT2D eigenvalue weighted by Gasteiger charge is 2.13. The lowest BCUT2D eigenvalue weighted by molar-refractivity contribution is 0.0300. The highest BCUT2D eigenvalue weighted by Crippen LogP contribution is 2.21. The van der Waals surface area contributed by atoms with Crippen LogP contribution in [0.4, 0.5) is 0 Å². The van der Waals surface area contributed by atoms with E-state index >= 15 is 0 Å². The molecule has 0 bridgehead atoms. The van der Waals surface area contributed by atoms with Crippen molar-refractivity contribution in [2.24, 2.45) is 0 Å². The third-order valence-corrected chi connectivity index (χ3v) is 3.46. The summed E-state index contributed by atoms with van der Waals surface area (Å²) in [6.45, 7) is 8.46. The predicted molar refractivity (Wildman–Crippen MR) is 79.0 cm³/mol. The Balaban J connectivity index is 1.80. The Kier molecular flexibility index (Phi) is 5.83. The van der Waals surface area contributed by atoms with Crippen LogP contribution in [0.1, 0.15) is 31.9 Å². The largest absolute Gasteiger partial charge is 0.491 e. The predicted octanol–water partition coefficient (Wildman–Crippen LogP) is 2.23. The fourth-order valence-electron chi connectivity index (χ4n) is 2.34. The monoisotopic (exact) mass is 279 g/mol. The average molecular weight is 279 g/mol. The minimum atomic E-state index is -0.411. The van der Waals surface area contributed by atoms with E-state index in [9.17, 15) is 5.11 Å². The smallest absolute Gasteiger partial charge is 0.119 e. The second-order valence-electron chi connectivity index (χ2n) is 5.49. The minimum absolute atomic E-state index is 0.173. The van der Waals surface area contributed by atoms with E-state index in [-0.39, 0.29) is 6.10 Å². The number of aliphatic hydroxyl groups excluding tert-OH is 1. The summed E-state index contributed by atoms with van der Waals surface area (Å²) in [6.07, 6.45) is 0.516. The normalized spacial score (nSPS) is 18.2. The van der Waals surface area contributed by atoms with E-state index in [0.717, 1.165) is 50.6 Å². The first-order valence-corrected chi connectivity index (χ1v) is 7.40. The second-order valence-corrected chi connectivity index (χ2v) is 5.49. The molecule has 1 heterocycles. The maximum atomic E-state index is 10.2. The van der Waals surface area contributed by atoms with Crippen molar-refractivity contribution in [3.8, 4) is 5.75 Å². The molecule has 0 amide bonds. The van der Waals surface area contributed by atoms with Crippen LogP contribution in [0.2, 0.25) is 0 Å². The maximum absolute atomic E-state index is 10.2. The molecule has 1 aliphatic rings. The Labute approximate surface area is 121 Å². The third kappa shape index (κ3) is 4.78. The lowest BCUT2D eigenvalue weighted by Crippen LogP contribution is -2.37. The SMILES string of the molecule is CC(C)Oc1ccc(C(O)CCN2CCOCC2)cc1. The highest BCUT2D eigenvalue weighted by atomic mass is 16.5. The molecule has 1 aromatic rings. The molecule has 4 nitrogen and oxygen atoms in total. The fourth-order valence-corrected chi connectivity index (χ4v) is 2.34. The van der Waals surface area contributed by atoms with Gasteiger partial charge in [0.25, 0.3) is 0 Å². The van der Waals surface area contributed by atoms with Gasteiger partial charge in [0.15, 0.2) is 0 Å². The molecule has 1 atom stereocenters. The van der Waals surface area contributed by atoms with Gasteiger partial charge in [-0.3, -0.25) is 4.90 Å². The van der Waals surface area contributed by atoms with Gasteiger partial charge in [-0.25, -0.2) is 0 Å².